The first-order chi connectivity index (χ1) is 29.3. The Balaban J connectivity index is 1.35. The van der Waals surface area contributed by atoms with Crippen molar-refractivity contribution in [1.29, 1.82) is 0 Å². The van der Waals surface area contributed by atoms with Crippen LogP contribution in [0, 0.1) is 17.8 Å². The van der Waals surface area contributed by atoms with Crippen LogP contribution in [0.25, 0.3) is 11.1 Å². The topological polar surface area (TPSA) is 119 Å². The number of carbonyl (C=O) groups excluding carboxylic acids is 1. The minimum atomic E-state index is -1.33. The standard InChI is InChI=1S/C50H58N2O8/c1-5-28-58-50-46(52(2)47(55)30-34-14-13-18-39(29-34)56-3)33-44(51-57-4)42-31-37(17-9-11-26-53)41(19-10-12-27-54)48(49(42)50)43-32-40(24-25-45(43)60-50)59-38-22-20-36(21-23-38)35-15-7-6-8-16-35/h5-8,13-16,18,20-25,29,31-32,37,41,46,48-49,53-54H,1,9-12,17,19,26-28,30,33H2,2-4H3. The van der Waals surface area contributed by atoms with Gasteiger partial charge in [0.15, 0.2) is 0 Å². The summed E-state index contributed by atoms with van der Waals surface area (Å²) in [6, 6.07) is 31.3. The summed E-state index contributed by atoms with van der Waals surface area (Å²) in [6.07, 6.45) is 9.29. The summed E-state index contributed by atoms with van der Waals surface area (Å²) in [7, 11) is 4.98. The molecule has 316 valence electrons. The molecule has 1 heterocycles. The maximum absolute atomic E-state index is 14.4. The molecule has 0 bridgehead atoms. The minimum Gasteiger partial charge on any atom is -0.497 e. The average molecular weight is 815 g/mol. The van der Waals surface area contributed by atoms with Crippen molar-refractivity contribution >= 4 is 11.6 Å². The quantitative estimate of drug-likeness (QED) is 0.0547. The van der Waals surface area contributed by atoms with Gasteiger partial charge in [-0.1, -0.05) is 84.7 Å². The number of amides is 1. The highest BCUT2D eigenvalue weighted by molar-refractivity contribution is 6.03. The third kappa shape index (κ3) is 9.01. The van der Waals surface area contributed by atoms with Crippen molar-refractivity contribution < 1.29 is 38.8 Å². The number of allylic oxidation sites excluding steroid dienone is 1. The number of aliphatic hydroxyl groups is 2. The van der Waals surface area contributed by atoms with E-state index in [2.05, 4.69) is 48.1 Å². The van der Waals surface area contributed by atoms with Crippen LogP contribution in [0.2, 0.25) is 0 Å². The molecule has 2 N–H and O–H groups in total. The number of benzene rings is 4. The van der Waals surface area contributed by atoms with Gasteiger partial charge in [0.1, 0.15) is 36.1 Å². The molecule has 10 nitrogen and oxygen atoms in total. The van der Waals surface area contributed by atoms with Gasteiger partial charge in [0.2, 0.25) is 11.7 Å². The Bertz CT molecular complexity index is 2140. The molecule has 6 atom stereocenters. The molecule has 2 aliphatic carbocycles. The van der Waals surface area contributed by atoms with Crippen molar-refractivity contribution in [2.24, 2.45) is 22.9 Å². The number of methoxy groups -OCH3 is 1. The zero-order valence-electron chi connectivity index (χ0n) is 35.0. The average Bonchev–Trinajstić information content (AvgIpc) is 3.27. The largest absolute Gasteiger partial charge is 0.497 e. The molecule has 0 radical (unpaired) electrons. The van der Waals surface area contributed by atoms with Gasteiger partial charge in [0.05, 0.1) is 31.8 Å². The molecule has 3 aliphatic rings. The number of fused-ring (bicyclic) bond motifs is 2. The van der Waals surface area contributed by atoms with Crippen LogP contribution < -0.4 is 14.2 Å². The molecule has 60 heavy (non-hydrogen) atoms. The van der Waals surface area contributed by atoms with Gasteiger partial charge in [-0.15, -0.1) is 6.58 Å². The van der Waals surface area contributed by atoms with Gasteiger partial charge in [-0.3, -0.25) is 4.79 Å². The lowest BCUT2D eigenvalue weighted by atomic mass is 9.55. The summed E-state index contributed by atoms with van der Waals surface area (Å²) < 4.78 is 26.3. The number of ether oxygens (including phenoxy) is 4. The summed E-state index contributed by atoms with van der Waals surface area (Å²) in [5.74, 6) is 0.953. The van der Waals surface area contributed by atoms with Crippen LogP contribution in [0.1, 0.15) is 62.0 Å². The van der Waals surface area contributed by atoms with Crippen LogP contribution in [0.5, 0.6) is 23.0 Å². The fraction of sp³-hybridized carbons (Fsp3) is 0.400. The number of hydrogen-bond acceptors (Lipinski definition) is 9. The summed E-state index contributed by atoms with van der Waals surface area (Å²) >= 11 is 0. The third-order valence-electron chi connectivity index (χ3n) is 12.4. The minimum absolute atomic E-state index is 0.0964. The first kappa shape index (κ1) is 42.7. The number of oxime groups is 1. The van der Waals surface area contributed by atoms with Gasteiger partial charge in [0, 0.05) is 38.2 Å². The number of unbranched alkanes of at least 4 members (excludes halogenated alkanes) is 2. The highest BCUT2D eigenvalue weighted by Crippen LogP contribution is 2.62. The first-order valence-corrected chi connectivity index (χ1v) is 21.2. The van der Waals surface area contributed by atoms with Crippen molar-refractivity contribution in [2.45, 2.75) is 69.1 Å². The zero-order valence-corrected chi connectivity index (χ0v) is 35.0. The molecular weight excluding hydrogens is 757 g/mol. The van der Waals surface area contributed by atoms with E-state index in [9.17, 15) is 15.0 Å². The van der Waals surface area contributed by atoms with Crippen molar-refractivity contribution in [1.82, 2.24) is 4.90 Å². The number of nitrogens with zero attached hydrogens (tertiary/aromatic N) is 2. The molecule has 10 heteroatoms. The van der Waals surface area contributed by atoms with E-state index in [1.165, 1.54) is 0 Å². The van der Waals surface area contributed by atoms with Crippen molar-refractivity contribution in [3.63, 3.8) is 0 Å². The van der Waals surface area contributed by atoms with E-state index in [0.717, 1.165) is 59.2 Å². The lowest BCUT2D eigenvalue weighted by Crippen LogP contribution is -2.69. The maximum Gasteiger partial charge on any atom is 0.239 e. The number of likely N-dealkylation sites (N-methyl/N-ethyl adjacent to an activating group) is 1. The molecule has 4 aromatic carbocycles. The Morgan fingerprint density at radius 1 is 0.883 bits per heavy atom. The Kier molecular flexibility index (Phi) is 14.1. The summed E-state index contributed by atoms with van der Waals surface area (Å²) in [5, 5.41) is 24.4. The summed E-state index contributed by atoms with van der Waals surface area (Å²) in [4.78, 5) is 21.7. The lowest BCUT2D eigenvalue weighted by Gasteiger charge is -2.59. The molecule has 1 fully saturated rings. The maximum atomic E-state index is 14.4. The first-order valence-electron chi connectivity index (χ1n) is 21.2. The van der Waals surface area contributed by atoms with E-state index in [-0.39, 0.29) is 49.9 Å². The third-order valence-corrected chi connectivity index (χ3v) is 12.4. The van der Waals surface area contributed by atoms with E-state index >= 15 is 0 Å². The normalized spacial score (nSPS) is 23.4. The SMILES string of the molecule is C=CCOC12Oc3ccc(Oc4ccc(-c5ccccc5)cc4)cc3C3C(CCCCO)C(CCCCO)C=C(C(=NOC)CC1N(C)C(=O)Cc1cccc(OC)c1)C32. The molecule has 6 unspecified atom stereocenters. The predicted octanol–water partition coefficient (Wildman–Crippen LogP) is 9.12. The predicted molar refractivity (Wildman–Crippen MR) is 233 cm³/mol. The van der Waals surface area contributed by atoms with Crippen LogP contribution in [0.15, 0.2) is 127 Å². The van der Waals surface area contributed by atoms with Crippen LogP contribution in [0.4, 0.5) is 0 Å². The molecule has 7 rings (SSSR count). The molecule has 1 aliphatic heterocycles. The smallest absolute Gasteiger partial charge is 0.239 e. The van der Waals surface area contributed by atoms with Gasteiger partial charge in [-0.05, 0) is 102 Å². The Labute approximate surface area is 354 Å². The monoisotopic (exact) mass is 814 g/mol. The molecular formula is C50H58N2O8. The fourth-order valence-electron chi connectivity index (χ4n) is 9.64. The summed E-state index contributed by atoms with van der Waals surface area (Å²) in [5.41, 5.74) is 5.79. The second-order valence-electron chi connectivity index (χ2n) is 16.0. The number of carbonyl (C=O) groups is 1. The van der Waals surface area contributed by atoms with E-state index in [0.29, 0.717) is 42.3 Å². The Morgan fingerprint density at radius 3 is 2.33 bits per heavy atom. The Morgan fingerprint density at radius 2 is 1.62 bits per heavy atom. The molecule has 0 aromatic heterocycles. The molecule has 1 amide bonds. The van der Waals surface area contributed by atoms with E-state index in [1.54, 1.807) is 25.2 Å². The second-order valence-corrected chi connectivity index (χ2v) is 16.0. The van der Waals surface area contributed by atoms with Crippen LogP contribution in [-0.4, -0.2) is 79.6 Å². The van der Waals surface area contributed by atoms with Gasteiger partial charge in [0.25, 0.3) is 0 Å². The molecule has 0 spiro atoms. The molecule has 4 aromatic rings. The summed E-state index contributed by atoms with van der Waals surface area (Å²) in [6.45, 7) is 4.44. The molecule has 0 saturated heterocycles. The van der Waals surface area contributed by atoms with Gasteiger partial charge < -0.3 is 38.9 Å². The van der Waals surface area contributed by atoms with Crippen molar-refractivity contribution in [3.8, 4) is 34.1 Å². The second kappa shape index (κ2) is 19.8. The van der Waals surface area contributed by atoms with Crippen LogP contribution in [0.3, 0.4) is 0 Å². The van der Waals surface area contributed by atoms with E-state index in [4.69, 9.17) is 23.8 Å². The van der Waals surface area contributed by atoms with E-state index < -0.39 is 17.7 Å². The van der Waals surface area contributed by atoms with E-state index in [1.807, 2.05) is 73.8 Å². The van der Waals surface area contributed by atoms with Crippen molar-refractivity contribution in [2.75, 3.05) is 41.1 Å². The molecule has 1 saturated carbocycles. The number of hydrogen-bond donors (Lipinski definition) is 2. The number of aliphatic hydroxyl groups excluding tert-OH is 2. The Hall–Kier alpha value is -5.42. The van der Waals surface area contributed by atoms with Crippen LogP contribution >= 0.6 is 0 Å². The van der Waals surface area contributed by atoms with Crippen LogP contribution in [-0.2, 0) is 20.8 Å². The van der Waals surface area contributed by atoms with Gasteiger partial charge in [-0.25, -0.2) is 0 Å². The van der Waals surface area contributed by atoms with Crippen molar-refractivity contribution in [3.05, 3.63) is 132 Å². The zero-order chi connectivity index (χ0) is 42.1. The fourth-order valence-corrected chi connectivity index (χ4v) is 9.64. The van der Waals surface area contributed by atoms with Gasteiger partial charge in [-0.2, -0.15) is 0 Å². The van der Waals surface area contributed by atoms with Gasteiger partial charge >= 0.3 is 0 Å². The highest BCUT2D eigenvalue weighted by atomic mass is 16.7. The number of rotatable bonds is 19. The lowest BCUT2D eigenvalue weighted by molar-refractivity contribution is -0.255. The highest BCUT2D eigenvalue weighted by Gasteiger charge is 2.65.